The van der Waals surface area contributed by atoms with E-state index in [4.69, 9.17) is 5.73 Å². The lowest BCUT2D eigenvalue weighted by Crippen LogP contribution is -2.22. The molecule has 0 unspecified atom stereocenters. The van der Waals surface area contributed by atoms with Crippen LogP contribution in [0.4, 0.5) is 0 Å². The third-order valence-corrected chi connectivity index (χ3v) is 5.62. The molecule has 110 valence electrons. The minimum Gasteiger partial charge on any atom is -0.330 e. The highest BCUT2D eigenvalue weighted by atomic mass is 79.9. The van der Waals surface area contributed by atoms with Gasteiger partial charge in [0.1, 0.15) is 4.90 Å². The van der Waals surface area contributed by atoms with Gasteiger partial charge in [0, 0.05) is 34.0 Å². The van der Waals surface area contributed by atoms with Crippen LogP contribution in [-0.2, 0) is 23.1 Å². The Morgan fingerprint density at radius 2 is 2.30 bits per heavy atom. The van der Waals surface area contributed by atoms with Crippen LogP contribution in [0, 0.1) is 0 Å². The standard InChI is InChI=1S/C11H15BrN4O2S2/c12-9-4-10(19-8-9)5-15-20(17,18)11-6-14-16(7-11)3-1-2-13/h4,6-8,15H,1-3,5,13H2. The third-order valence-electron chi connectivity index (χ3n) is 2.57. The Morgan fingerprint density at radius 1 is 1.50 bits per heavy atom. The summed E-state index contributed by atoms with van der Waals surface area (Å²) in [6.07, 6.45) is 3.63. The largest absolute Gasteiger partial charge is 0.330 e. The molecule has 2 heterocycles. The zero-order chi connectivity index (χ0) is 14.6. The Balaban J connectivity index is 2.00. The molecule has 0 amide bonds. The molecule has 3 N–H and O–H groups in total. The number of sulfonamides is 1. The summed E-state index contributed by atoms with van der Waals surface area (Å²) in [5.74, 6) is 0. The lowest BCUT2D eigenvalue weighted by Gasteiger charge is -2.02. The molecule has 0 radical (unpaired) electrons. The van der Waals surface area contributed by atoms with Crippen LogP contribution in [0.15, 0.2) is 33.2 Å². The number of rotatable bonds is 7. The molecule has 0 saturated heterocycles. The van der Waals surface area contributed by atoms with Crippen molar-refractivity contribution in [3.8, 4) is 0 Å². The number of nitrogens with two attached hydrogens (primary N) is 1. The number of nitrogens with zero attached hydrogens (tertiary/aromatic N) is 2. The van der Waals surface area contributed by atoms with Crippen LogP contribution in [-0.4, -0.2) is 24.7 Å². The van der Waals surface area contributed by atoms with E-state index in [9.17, 15) is 8.42 Å². The van der Waals surface area contributed by atoms with E-state index in [2.05, 4.69) is 25.8 Å². The van der Waals surface area contributed by atoms with E-state index in [1.807, 2.05) is 11.4 Å². The van der Waals surface area contributed by atoms with Crippen LogP contribution in [0.5, 0.6) is 0 Å². The molecule has 0 bridgehead atoms. The van der Waals surface area contributed by atoms with Gasteiger partial charge >= 0.3 is 0 Å². The van der Waals surface area contributed by atoms with E-state index in [1.54, 1.807) is 4.68 Å². The number of hydrogen-bond acceptors (Lipinski definition) is 5. The molecule has 0 saturated carbocycles. The monoisotopic (exact) mass is 378 g/mol. The van der Waals surface area contributed by atoms with Crippen LogP contribution >= 0.6 is 27.3 Å². The van der Waals surface area contributed by atoms with Gasteiger partial charge in [-0.1, -0.05) is 0 Å². The molecule has 0 aromatic carbocycles. The van der Waals surface area contributed by atoms with Crippen molar-refractivity contribution in [2.45, 2.75) is 24.4 Å². The van der Waals surface area contributed by atoms with Gasteiger partial charge in [0.05, 0.1) is 6.20 Å². The van der Waals surface area contributed by atoms with Gasteiger partial charge in [0.25, 0.3) is 0 Å². The highest BCUT2D eigenvalue weighted by Gasteiger charge is 2.16. The van der Waals surface area contributed by atoms with Crippen molar-refractivity contribution in [2.75, 3.05) is 6.54 Å². The fourth-order valence-electron chi connectivity index (χ4n) is 1.55. The number of aryl methyl sites for hydroxylation is 1. The lowest BCUT2D eigenvalue weighted by molar-refractivity contribution is 0.576. The molecule has 20 heavy (non-hydrogen) atoms. The first-order valence-electron chi connectivity index (χ1n) is 5.96. The fourth-order valence-corrected chi connectivity index (χ4v) is 4.00. The van der Waals surface area contributed by atoms with Crippen molar-refractivity contribution in [1.82, 2.24) is 14.5 Å². The Hall–Kier alpha value is -0.740. The molecule has 0 atom stereocenters. The quantitative estimate of drug-likeness (QED) is 0.764. The van der Waals surface area contributed by atoms with E-state index >= 15 is 0 Å². The Kier molecular flexibility index (Phi) is 5.33. The minimum absolute atomic E-state index is 0.171. The van der Waals surface area contributed by atoms with Gasteiger partial charge in [0.2, 0.25) is 10.0 Å². The number of halogens is 1. The average molecular weight is 379 g/mol. The molecule has 0 aliphatic carbocycles. The van der Waals surface area contributed by atoms with Gasteiger partial charge in [-0.05, 0) is 35.0 Å². The summed E-state index contributed by atoms with van der Waals surface area (Å²) in [4.78, 5) is 1.11. The Morgan fingerprint density at radius 3 is 2.95 bits per heavy atom. The van der Waals surface area contributed by atoms with Gasteiger partial charge in [-0.15, -0.1) is 11.3 Å². The maximum absolute atomic E-state index is 12.1. The zero-order valence-corrected chi connectivity index (χ0v) is 13.8. The topological polar surface area (TPSA) is 90.0 Å². The molecule has 9 heteroatoms. The van der Waals surface area contributed by atoms with E-state index in [1.165, 1.54) is 23.7 Å². The normalized spacial score (nSPS) is 11.9. The van der Waals surface area contributed by atoms with E-state index < -0.39 is 10.0 Å². The summed E-state index contributed by atoms with van der Waals surface area (Å²) in [6.45, 7) is 1.43. The van der Waals surface area contributed by atoms with Gasteiger partial charge in [-0.2, -0.15) is 5.10 Å². The van der Waals surface area contributed by atoms with E-state index in [0.29, 0.717) is 13.1 Å². The summed E-state index contributed by atoms with van der Waals surface area (Å²) < 4.78 is 29.3. The number of nitrogens with one attached hydrogen (secondary N) is 1. The lowest BCUT2D eigenvalue weighted by atomic mass is 10.4. The summed E-state index contributed by atoms with van der Waals surface area (Å²) >= 11 is 4.83. The third kappa shape index (κ3) is 4.13. The van der Waals surface area contributed by atoms with Crippen molar-refractivity contribution in [1.29, 1.82) is 0 Å². The van der Waals surface area contributed by atoms with Gasteiger partial charge in [0.15, 0.2) is 0 Å². The van der Waals surface area contributed by atoms with Crippen LogP contribution in [0.25, 0.3) is 0 Å². The predicted octanol–water partition coefficient (Wildman–Crippen LogP) is 1.53. The van der Waals surface area contributed by atoms with Gasteiger partial charge in [-0.25, -0.2) is 13.1 Å². The zero-order valence-electron chi connectivity index (χ0n) is 10.6. The molecular weight excluding hydrogens is 364 g/mol. The minimum atomic E-state index is -3.53. The molecule has 0 aliphatic rings. The molecule has 2 aromatic rings. The Bertz CT molecular complexity index is 666. The summed E-state index contributed by atoms with van der Waals surface area (Å²) in [5, 5.41) is 5.93. The van der Waals surface area contributed by atoms with Crippen molar-refractivity contribution in [3.05, 3.63) is 33.2 Å². The molecule has 2 rings (SSSR count). The van der Waals surface area contributed by atoms with Crippen LogP contribution in [0.3, 0.4) is 0 Å². The van der Waals surface area contributed by atoms with Gasteiger partial charge in [-0.3, -0.25) is 4.68 Å². The van der Waals surface area contributed by atoms with Crippen LogP contribution in [0.1, 0.15) is 11.3 Å². The molecule has 2 aromatic heterocycles. The first kappa shape index (κ1) is 15.6. The van der Waals surface area contributed by atoms with Crippen molar-refractivity contribution < 1.29 is 8.42 Å². The van der Waals surface area contributed by atoms with Crippen molar-refractivity contribution in [2.24, 2.45) is 5.73 Å². The molecule has 0 fully saturated rings. The smallest absolute Gasteiger partial charge is 0.244 e. The van der Waals surface area contributed by atoms with Crippen LogP contribution in [0.2, 0.25) is 0 Å². The number of thiophene rings is 1. The highest BCUT2D eigenvalue weighted by Crippen LogP contribution is 2.20. The average Bonchev–Trinajstić information content (AvgIpc) is 3.03. The maximum Gasteiger partial charge on any atom is 0.244 e. The molecule has 6 nitrogen and oxygen atoms in total. The second-order valence-corrected chi connectivity index (χ2v) is 7.82. The maximum atomic E-state index is 12.1. The number of aromatic nitrogens is 2. The molecular formula is C11H15BrN4O2S2. The first-order valence-corrected chi connectivity index (χ1v) is 9.12. The molecule has 0 aliphatic heterocycles. The van der Waals surface area contributed by atoms with Crippen molar-refractivity contribution in [3.63, 3.8) is 0 Å². The predicted molar refractivity (Wildman–Crippen MR) is 81.9 cm³/mol. The molecule has 0 spiro atoms. The first-order chi connectivity index (χ1) is 9.51. The second-order valence-electron chi connectivity index (χ2n) is 4.14. The van der Waals surface area contributed by atoms with Gasteiger partial charge < -0.3 is 5.73 Å². The fraction of sp³-hybridized carbons (Fsp3) is 0.364. The van der Waals surface area contributed by atoms with E-state index in [-0.39, 0.29) is 11.4 Å². The summed E-state index contributed by atoms with van der Waals surface area (Å²) in [5.41, 5.74) is 5.41. The Labute approximate surface area is 130 Å². The highest BCUT2D eigenvalue weighted by molar-refractivity contribution is 9.10. The second kappa shape index (κ2) is 6.81. The van der Waals surface area contributed by atoms with Crippen molar-refractivity contribution >= 4 is 37.3 Å². The summed E-state index contributed by atoms with van der Waals surface area (Å²) in [7, 11) is -3.53. The van der Waals surface area contributed by atoms with Crippen LogP contribution < -0.4 is 10.5 Å². The SMILES string of the molecule is NCCCn1cc(S(=O)(=O)NCc2cc(Br)cs2)cn1. The number of hydrogen-bond donors (Lipinski definition) is 2. The summed E-state index contributed by atoms with van der Waals surface area (Å²) in [6, 6.07) is 1.89. The van der Waals surface area contributed by atoms with E-state index in [0.717, 1.165) is 15.8 Å².